The third kappa shape index (κ3) is 4.61. The minimum Gasteiger partial charge on any atom is -0.464 e. The van der Waals surface area contributed by atoms with Gasteiger partial charge in [0.15, 0.2) is 0 Å². The standard InChI is InChI=1S/C10H11F5O8S/c1-5(2)6(16)23-9(7(17)21-3,10(13,14)15)22-4-8(11,12)24(18,19)20/h1,4H2,2-3H3,(H,18,19,20). The van der Waals surface area contributed by atoms with Crippen LogP contribution in [0.1, 0.15) is 6.92 Å². The fourth-order valence-electron chi connectivity index (χ4n) is 0.998. The second kappa shape index (κ2) is 6.98. The van der Waals surface area contributed by atoms with E-state index in [1.807, 2.05) is 0 Å². The predicted molar refractivity (Wildman–Crippen MR) is 64.2 cm³/mol. The number of hydrogen-bond acceptors (Lipinski definition) is 7. The van der Waals surface area contributed by atoms with Crippen LogP contribution in [0, 0.1) is 0 Å². The van der Waals surface area contributed by atoms with Crippen molar-refractivity contribution in [2.75, 3.05) is 13.7 Å². The molecule has 0 aromatic heterocycles. The van der Waals surface area contributed by atoms with Gasteiger partial charge in [-0.15, -0.1) is 0 Å². The Hall–Kier alpha value is -1.80. The molecule has 0 spiro atoms. The normalized spacial score (nSPS) is 15.3. The Morgan fingerprint density at radius 1 is 1.17 bits per heavy atom. The summed E-state index contributed by atoms with van der Waals surface area (Å²) >= 11 is 0. The largest absolute Gasteiger partial charge is 0.468 e. The van der Waals surface area contributed by atoms with Crippen molar-refractivity contribution in [3.63, 3.8) is 0 Å². The first-order valence-electron chi connectivity index (χ1n) is 5.54. The number of ether oxygens (including phenoxy) is 3. The predicted octanol–water partition coefficient (Wildman–Crippen LogP) is 1.03. The third-order valence-corrected chi connectivity index (χ3v) is 3.11. The molecule has 0 aromatic carbocycles. The van der Waals surface area contributed by atoms with Crippen LogP contribution in [0.3, 0.4) is 0 Å². The van der Waals surface area contributed by atoms with Gasteiger partial charge in [-0.1, -0.05) is 6.58 Å². The number of alkyl halides is 5. The molecule has 14 heteroatoms. The first kappa shape index (κ1) is 22.2. The first-order chi connectivity index (χ1) is 10.5. The van der Waals surface area contributed by atoms with Crippen molar-refractivity contribution in [3.05, 3.63) is 12.2 Å². The fraction of sp³-hybridized carbons (Fsp3) is 0.600. The number of carbonyl (C=O) groups is 2. The third-order valence-electron chi connectivity index (χ3n) is 2.23. The highest BCUT2D eigenvalue weighted by Gasteiger charge is 2.69. The monoisotopic (exact) mass is 386 g/mol. The number of esters is 2. The highest BCUT2D eigenvalue weighted by molar-refractivity contribution is 7.86. The van der Waals surface area contributed by atoms with E-state index in [9.17, 15) is 40.0 Å². The lowest BCUT2D eigenvalue weighted by molar-refractivity contribution is -0.359. The maximum absolute atomic E-state index is 13.1. The van der Waals surface area contributed by atoms with Gasteiger partial charge in [-0.2, -0.15) is 30.4 Å². The first-order valence-corrected chi connectivity index (χ1v) is 6.98. The van der Waals surface area contributed by atoms with E-state index in [0.717, 1.165) is 6.92 Å². The Labute approximate surface area is 131 Å². The summed E-state index contributed by atoms with van der Waals surface area (Å²) in [4.78, 5) is 22.7. The molecule has 0 aliphatic heterocycles. The minimum atomic E-state index is -6.18. The van der Waals surface area contributed by atoms with Crippen molar-refractivity contribution in [1.29, 1.82) is 0 Å². The molecule has 0 saturated carbocycles. The van der Waals surface area contributed by atoms with Crippen LogP contribution in [0.4, 0.5) is 22.0 Å². The lowest BCUT2D eigenvalue weighted by atomic mass is 10.2. The summed E-state index contributed by atoms with van der Waals surface area (Å²) in [6, 6.07) is 0. The Bertz CT molecular complexity index is 626. The van der Waals surface area contributed by atoms with Crippen molar-refractivity contribution < 1.29 is 58.7 Å². The van der Waals surface area contributed by atoms with E-state index in [1.54, 1.807) is 0 Å². The molecule has 0 fully saturated rings. The highest BCUT2D eigenvalue weighted by Crippen LogP contribution is 2.38. The van der Waals surface area contributed by atoms with Crippen LogP contribution in [0.25, 0.3) is 0 Å². The molecular weight excluding hydrogens is 375 g/mol. The SMILES string of the molecule is C=C(C)C(=O)OC(OCC(F)(F)S(=O)(=O)O)(C(=O)OC)C(F)(F)F. The summed E-state index contributed by atoms with van der Waals surface area (Å²) in [6.45, 7) is 1.11. The lowest BCUT2D eigenvalue weighted by Gasteiger charge is -2.32. The molecule has 0 aliphatic rings. The van der Waals surface area contributed by atoms with Gasteiger partial charge in [0.25, 0.3) is 0 Å². The smallest absolute Gasteiger partial charge is 0.464 e. The zero-order valence-electron chi connectivity index (χ0n) is 12.0. The van der Waals surface area contributed by atoms with Crippen LogP contribution in [0.2, 0.25) is 0 Å². The molecule has 0 heterocycles. The van der Waals surface area contributed by atoms with Gasteiger partial charge >= 0.3 is 39.3 Å². The molecule has 0 radical (unpaired) electrons. The molecule has 0 amide bonds. The molecular formula is C10H11F5O8S. The molecule has 8 nitrogen and oxygen atoms in total. The van der Waals surface area contributed by atoms with E-state index in [1.165, 1.54) is 0 Å². The van der Waals surface area contributed by atoms with Crippen LogP contribution in [0.5, 0.6) is 0 Å². The summed E-state index contributed by atoms with van der Waals surface area (Å²) in [5.41, 5.74) is -0.669. The number of carbonyl (C=O) groups excluding carboxylic acids is 2. The molecule has 0 saturated heterocycles. The molecule has 24 heavy (non-hydrogen) atoms. The molecule has 1 unspecified atom stereocenters. The van der Waals surface area contributed by atoms with Crippen molar-refractivity contribution in [2.24, 2.45) is 0 Å². The van der Waals surface area contributed by atoms with E-state index in [4.69, 9.17) is 4.55 Å². The van der Waals surface area contributed by atoms with Crippen LogP contribution >= 0.6 is 0 Å². The second-order valence-corrected chi connectivity index (χ2v) is 5.72. The van der Waals surface area contributed by atoms with E-state index in [2.05, 4.69) is 20.8 Å². The van der Waals surface area contributed by atoms with Gasteiger partial charge in [0.05, 0.1) is 7.11 Å². The van der Waals surface area contributed by atoms with E-state index < -0.39 is 51.5 Å². The number of methoxy groups -OCH3 is 1. The van der Waals surface area contributed by atoms with E-state index >= 15 is 0 Å². The zero-order chi connectivity index (χ0) is 19.6. The van der Waals surface area contributed by atoms with Crippen LogP contribution in [-0.4, -0.2) is 55.8 Å². The fourth-order valence-corrected chi connectivity index (χ4v) is 1.21. The van der Waals surface area contributed by atoms with Gasteiger partial charge in [-0.25, -0.2) is 9.59 Å². The maximum atomic E-state index is 13.1. The molecule has 1 atom stereocenters. The van der Waals surface area contributed by atoms with Crippen molar-refractivity contribution in [1.82, 2.24) is 0 Å². The van der Waals surface area contributed by atoms with E-state index in [0.29, 0.717) is 7.11 Å². The Balaban J connectivity index is 5.99. The van der Waals surface area contributed by atoms with Gasteiger partial charge in [0, 0.05) is 5.57 Å². The Morgan fingerprint density at radius 2 is 1.62 bits per heavy atom. The molecule has 0 aliphatic carbocycles. The molecule has 1 N–H and O–H groups in total. The quantitative estimate of drug-likeness (QED) is 0.227. The number of halogens is 5. The van der Waals surface area contributed by atoms with Crippen molar-refractivity contribution in [3.8, 4) is 0 Å². The molecule has 0 rings (SSSR count). The summed E-state index contributed by atoms with van der Waals surface area (Å²) in [7, 11) is -5.79. The minimum absolute atomic E-state index is 0.391. The van der Waals surface area contributed by atoms with Crippen LogP contribution in [0.15, 0.2) is 12.2 Å². The van der Waals surface area contributed by atoms with Crippen LogP contribution < -0.4 is 0 Å². The number of hydrogen-bond donors (Lipinski definition) is 1. The Kier molecular flexibility index (Phi) is 6.46. The maximum Gasteiger partial charge on any atom is 0.468 e. The van der Waals surface area contributed by atoms with Crippen molar-refractivity contribution >= 4 is 22.1 Å². The van der Waals surface area contributed by atoms with Gasteiger partial charge in [-0.3, -0.25) is 4.55 Å². The van der Waals surface area contributed by atoms with Crippen LogP contribution in [-0.2, 0) is 33.9 Å². The molecule has 0 aromatic rings. The summed E-state index contributed by atoms with van der Waals surface area (Å²) < 4.78 is 106. The summed E-state index contributed by atoms with van der Waals surface area (Å²) in [5, 5.41) is -5.24. The van der Waals surface area contributed by atoms with Crippen molar-refractivity contribution in [2.45, 2.75) is 24.1 Å². The lowest BCUT2D eigenvalue weighted by Crippen LogP contribution is -2.59. The summed E-state index contributed by atoms with van der Waals surface area (Å²) in [5.74, 6) is -9.05. The van der Waals surface area contributed by atoms with E-state index in [-0.39, 0.29) is 0 Å². The Morgan fingerprint density at radius 3 is 1.92 bits per heavy atom. The number of rotatable bonds is 7. The average Bonchev–Trinajstić information content (AvgIpc) is 2.39. The topological polar surface area (TPSA) is 116 Å². The zero-order valence-corrected chi connectivity index (χ0v) is 12.8. The van der Waals surface area contributed by atoms with Gasteiger partial charge < -0.3 is 14.2 Å². The average molecular weight is 386 g/mol. The molecule has 140 valence electrons. The molecule has 0 bridgehead atoms. The van der Waals surface area contributed by atoms with Gasteiger partial charge in [-0.05, 0) is 6.92 Å². The summed E-state index contributed by atoms with van der Waals surface area (Å²) in [6.07, 6.45) is -5.94. The van der Waals surface area contributed by atoms with Gasteiger partial charge in [0.2, 0.25) is 0 Å². The second-order valence-electron chi connectivity index (χ2n) is 4.18. The van der Waals surface area contributed by atoms with Gasteiger partial charge in [0.1, 0.15) is 6.61 Å². The highest BCUT2D eigenvalue weighted by atomic mass is 32.2.